The van der Waals surface area contributed by atoms with Gasteiger partial charge < -0.3 is 10.1 Å². The van der Waals surface area contributed by atoms with Crippen molar-refractivity contribution in [3.63, 3.8) is 0 Å². The van der Waals surface area contributed by atoms with Crippen LogP contribution in [-0.2, 0) is 4.74 Å². The molecule has 0 saturated heterocycles. The summed E-state index contributed by atoms with van der Waals surface area (Å²) in [6.07, 6.45) is 3.67. The maximum Gasteiger partial charge on any atom is 0.150 e. The molecule has 1 aliphatic rings. The SMILES string of the molecule is COC1CCCC(Nc2c(F)cc(C#N)cc2F)C1. The minimum absolute atomic E-state index is 0.00404. The van der Waals surface area contributed by atoms with Crippen molar-refractivity contribution in [3.8, 4) is 6.07 Å². The quantitative estimate of drug-likeness (QED) is 0.913. The average Bonchev–Trinajstić information content (AvgIpc) is 2.42. The number of nitrogens with one attached hydrogen (secondary N) is 1. The molecule has 0 heterocycles. The highest BCUT2D eigenvalue weighted by atomic mass is 19.1. The van der Waals surface area contributed by atoms with Gasteiger partial charge in [0, 0.05) is 13.2 Å². The van der Waals surface area contributed by atoms with Crippen LogP contribution in [0.5, 0.6) is 0 Å². The van der Waals surface area contributed by atoms with Crippen molar-refractivity contribution in [2.75, 3.05) is 12.4 Å². The summed E-state index contributed by atoms with van der Waals surface area (Å²) >= 11 is 0. The molecule has 0 aromatic heterocycles. The summed E-state index contributed by atoms with van der Waals surface area (Å²) in [6.45, 7) is 0. The molecule has 3 nitrogen and oxygen atoms in total. The van der Waals surface area contributed by atoms with Crippen molar-refractivity contribution < 1.29 is 13.5 Å². The van der Waals surface area contributed by atoms with Gasteiger partial charge in [0.25, 0.3) is 0 Å². The van der Waals surface area contributed by atoms with Gasteiger partial charge in [0.05, 0.1) is 17.7 Å². The van der Waals surface area contributed by atoms with Gasteiger partial charge in [-0.05, 0) is 37.8 Å². The Morgan fingerprint density at radius 2 is 2.00 bits per heavy atom. The van der Waals surface area contributed by atoms with Crippen LogP contribution in [0.3, 0.4) is 0 Å². The lowest BCUT2D eigenvalue weighted by molar-refractivity contribution is 0.0668. The first kappa shape index (κ1) is 13.8. The number of rotatable bonds is 3. The zero-order valence-corrected chi connectivity index (χ0v) is 10.7. The van der Waals surface area contributed by atoms with Crippen molar-refractivity contribution in [3.05, 3.63) is 29.3 Å². The first-order valence-corrected chi connectivity index (χ1v) is 6.32. The van der Waals surface area contributed by atoms with Gasteiger partial charge in [-0.2, -0.15) is 5.26 Å². The Hall–Kier alpha value is -1.67. The minimum atomic E-state index is -0.726. The third kappa shape index (κ3) is 3.21. The molecule has 0 radical (unpaired) electrons. The first-order chi connectivity index (χ1) is 9.13. The molecule has 0 spiro atoms. The lowest BCUT2D eigenvalue weighted by Crippen LogP contribution is -2.31. The fraction of sp³-hybridized carbons (Fsp3) is 0.500. The number of nitriles is 1. The molecule has 2 atom stereocenters. The van der Waals surface area contributed by atoms with E-state index in [2.05, 4.69) is 5.32 Å². The van der Waals surface area contributed by atoms with Gasteiger partial charge in [-0.25, -0.2) is 8.78 Å². The van der Waals surface area contributed by atoms with Gasteiger partial charge in [-0.15, -0.1) is 0 Å². The fourth-order valence-electron chi connectivity index (χ4n) is 2.47. The maximum atomic E-state index is 13.7. The highest BCUT2D eigenvalue weighted by Crippen LogP contribution is 2.27. The number of benzene rings is 1. The Kier molecular flexibility index (Phi) is 4.33. The first-order valence-electron chi connectivity index (χ1n) is 6.32. The highest BCUT2D eigenvalue weighted by molar-refractivity contribution is 5.51. The predicted molar refractivity (Wildman–Crippen MR) is 67.7 cm³/mol. The van der Waals surface area contributed by atoms with Crippen LogP contribution in [0.4, 0.5) is 14.5 Å². The van der Waals surface area contributed by atoms with E-state index < -0.39 is 11.6 Å². The predicted octanol–water partition coefficient (Wildman–Crippen LogP) is 3.21. The normalized spacial score (nSPS) is 22.8. The van der Waals surface area contributed by atoms with Crippen LogP contribution in [0.1, 0.15) is 31.2 Å². The van der Waals surface area contributed by atoms with Crippen molar-refractivity contribution in [2.45, 2.75) is 37.8 Å². The number of hydrogen-bond donors (Lipinski definition) is 1. The number of hydrogen-bond acceptors (Lipinski definition) is 3. The Labute approximate surface area is 111 Å². The number of anilines is 1. The van der Waals surface area contributed by atoms with Crippen LogP contribution in [0.2, 0.25) is 0 Å². The zero-order chi connectivity index (χ0) is 13.8. The lowest BCUT2D eigenvalue weighted by Gasteiger charge is -2.29. The number of methoxy groups -OCH3 is 1. The molecule has 1 aromatic carbocycles. The van der Waals surface area contributed by atoms with E-state index in [1.807, 2.05) is 0 Å². The molecule has 2 rings (SSSR count). The van der Waals surface area contributed by atoms with Crippen LogP contribution >= 0.6 is 0 Å². The van der Waals surface area contributed by atoms with Crippen LogP contribution in [-0.4, -0.2) is 19.3 Å². The minimum Gasteiger partial charge on any atom is -0.381 e. The monoisotopic (exact) mass is 266 g/mol. The van der Waals surface area contributed by atoms with Crippen LogP contribution in [0, 0.1) is 23.0 Å². The summed E-state index contributed by atoms with van der Waals surface area (Å²) in [5, 5.41) is 11.5. The standard InChI is InChI=1S/C14H16F2N2O/c1-19-11-4-2-3-10(7-11)18-14-12(15)5-9(8-17)6-13(14)16/h5-6,10-11,18H,2-4,7H2,1H3. The van der Waals surface area contributed by atoms with E-state index in [1.165, 1.54) is 0 Å². The van der Waals surface area contributed by atoms with E-state index in [9.17, 15) is 8.78 Å². The van der Waals surface area contributed by atoms with Gasteiger partial charge in [0.1, 0.15) is 5.69 Å². The summed E-state index contributed by atoms with van der Waals surface area (Å²) < 4.78 is 32.8. The lowest BCUT2D eigenvalue weighted by atomic mass is 9.92. The number of ether oxygens (including phenoxy) is 1. The van der Waals surface area contributed by atoms with Crippen molar-refractivity contribution in [1.29, 1.82) is 5.26 Å². The molecule has 1 fully saturated rings. The molecule has 1 N–H and O–H groups in total. The topological polar surface area (TPSA) is 45.0 Å². The molecular weight excluding hydrogens is 250 g/mol. The van der Waals surface area contributed by atoms with Gasteiger partial charge in [0.15, 0.2) is 11.6 Å². The van der Waals surface area contributed by atoms with Crippen molar-refractivity contribution in [2.24, 2.45) is 0 Å². The van der Waals surface area contributed by atoms with E-state index in [0.717, 1.165) is 37.8 Å². The number of nitrogens with zero attached hydrogens (tertiary/aromatic N) is 1. The Bertz CT molecular complexity index is 476. The molecule has 102 valence electrons. The van der Waals surface area contributed by atoms with Gasteiger partial charge in [0.2, 0.25) is 0 Å². The Morgan fingerprint density at radius 3 is 2.58 bits per heavy atom. The van der Waals surface area contributed by atoms with Gasteiger partial charge >= 0.3 is 0 Å². The second-order valence-electron chi connectivity index (χ2n) is 4.79. The average molecular weight is 266 g/mol. The third-order valence-corrected chi connectivity index (χ3v) is 3.48. The van der Waals surface area contributed by atoms with E-state index in [1.54, 1.807) is 13.2 Å². The summed E-state index contributed by atoms with van der Waals surface area (Å²) in [6, 6.07) is 3.81. The fourth-order valence-corrected chi connectivity index (χ4v) is 2.47. The molecule has 5 heteroatoms. The van der Waals surface area contributed by atoms with Gasteiger partial charge in [-0.1, -0.05) is 0 Å². The summed E-state index contributed by atoms with van der Waals surface area (Å²) in [5.41, 5.74) is -0.167. The Balaban J connectivity index is 2.13. The van der Waals surface area contributed by atoms with E-state index in [-0.39, 0.29) is 23.4 Å². The molecule has 0 bridgehead atoms. The Morgan fingerprint density at radius 1 is 1.32 bits per heavy atom. The van der Waals surface area contributed by atoms with E-state index >= 15 is 0 Å². The smallest absolute Gasteiger partial charge is 0.150 e. The molecule has 1 saturated carbocycles. The van der Waals surface area contributed by atoms with E-state index in [4.69, 9.17) is 10.00 Å². The molecule has 0 amide bonds. The summed E-state index contributed by atoms with van der Waals surface area (Å²) in [5.74, 6) is -1.45. The second-order valence-corrected chi connectivity index (χ2v) is 4.79. The summed E-state index contributed by atoms with van der Waals surface area (Å²) in [4.78, 5) is 0. The van der Waals surface area contributed by atoms with E-state index in [0.29, 0.717) is 0 Å². The molecular formula is C14H16F2N2O. The molecule has 0 aliphatic heterocycles. The van der Waals surface area contributed by atoms with Crippen LogP contribution in [0.25, 0.3) is 0 Å². The van der Waals surface area contributed by atoms with Crippen molar-refractivity contribution >= 4 is 5.69 Å². The third-order valence-electron chi connectivity index (χ3n) is 3.48. The van der Waals surface area contributed by atoms with Crippen molar-refractivity contribution in [1.82, 2.24) is 0 Å². The summed E-state index contributed by atoms with van der Waals surface area (Å²) in [7, 11) is 1.65. The number of halogens is 2. The molecule has 2 unspecified atom stereocenters. The molecule has 1 aromatic rings. The van der Waals surface area contributed by atoms with Crippen LogP contribution < -0.4 is 5.32 Å². The largest absolute Gasteiger partial charge is 0.381 e. The molecule has 19 heavy (non-hydrogen) atoms. The molecule has 1 aliphatic carbocycles. The van der Waals surface area contributed by atoms with Gasteiger partial charge in [-0.3, -0.25) is 0 Å². The van der Waals surface area contributed by atoms with Crippen LogP contribution in [0.15, 0.2) is 12.1 Å². The second kappa shape index (κ2) is 5.98. The highest BCUT2D eigenvalue weighted by Gasteiger charge is 2.23. The maximum absolute atomic E-state index is 13.7. The zero-order valence-electron chi connectivity index (χ0n) is 10.7.